The monoisotopic (exact) mass is 548 g/mol. The van der Waals surface area contributed by atoms with Crippen molar-refractivity contribution in [3.63, 3.8) is 0 Å². The van der Waals surface area contributed by atoms with Crippen LogP contribution in [0, 0.1) is 0 Å². The van der Waals surface area contributed by atoms with Gasteiger partial charge in [-0.1, -0.05) is 93.5 Å². The third kappa shape index (κ3) is 3.49. The molecule has 0 fully saturated rings. The maximum Gasteiger partial charge on any atom is 0.271 e. The minimum Gasteiger partial charge on any atom is -0.506 e. The Labute approximate surface area is 212 Å². The Morgan fingerprint density at radius 3 is 2.68 bits per heavy atom. The van der Waals surface area contributed by atoms with Crippen LogP contribution < -0.4 is 14.9 Å². The van der Waals surface area contributed by atoms with Crippen LogP contribution in [0.15, 0.2) is 86.6 Å². The number of phenols is 1. The number of nitrogens with zero attached hydrogens (tertiary/aromatic N) is 2. The third-order valence-corrected chi connectivity index (χ3v) is 8.06. The Bertz CT molecular complexity index is 1670. The van der Waals surface area contributed by atoms with Crippen molar-refractivity contribution in [2.45, 2.75) is 18.9 Å². The lowest BCUT2D eigenvalue weighted by Crippen LogP contribution is -2.38. The van der Waals surface area contributed by atoms with Crippen LogP contribution in [0.1, 0.15) is 34.7 Å². The first kappa shape index (κ1) is 21.6. The van der Waals surface area contributed by atoms with Gasteiger partial charge in [0.25, 0.3) is 5.56 Å². The topological polar surface area (TPSA) is 54.6 Å². The van der Waals surface area contributed by atoms with Gasteiger partial charge in [-0.05, 0) is 47.8 Å². The Kier molecular flexibility index (Phi) is 5.32. The number of aromatic nitrogens is 1. The highest BCUT2D eigenvalue weighted by molar-refractivity contribution is 9.10. The second kappa shape index (κ2) is 8.38. The highest BCUT2D eigenvalue weighted by Gasteiger charge is 2.32. The summed E-state index contributed by atoms with van der Waals surface area (Å²) in [5.41, 5.74) is 5.97. The smallest absolute Gasteiger partial charge is 0.271 e. The molecule has 0 spiro atoms. The summed E-state index contributed by atoms with van der Waals surface area (Å²) in [6, 6.07) is 21.6. The number of aryl methyl sites for hydroxylation is 1. The number of fused-ring (bicyclic) bond motifs is 3. The van der Waals surface area contributed by atoms with Gasteiger partial charge in [0, 0.05) is 15.6 Å². The summed E-state index contributed by atoms with van der Waals surface area (Å²) in [4.78, 5) is 19.4. The van der Waals surface area contributed by atoms with E-state index in [1.54, 1.807) is 22.8 Å². The Morgan fingerprint density at radius 1 is 1.09 bits per heavy atom. The Hall–Kier alpha value is -2.93. The highest BCUT2D eigenvalue weighted by atomic mass is 79.9. The summed E-state index contributed by atoms with van der Waals surface area (Å²) in [7, 11) is 0. The minimum absolute atomic E-state index is 0.0523. The molecule has 0 saturated heterocycles. The van der Waals surface area contributed by atoms with Gasteiger partial charge in [-0.2, -0.15) is 0 Å². The Balaban J connectivity index is 1.64. The number of thiazole rings is 1. The van der Waals surface area contributed by atoms with Crippen molar-refractivity contribution in [2.75, 3.05) is 0 Å². The van der Waals surface area contributed by atoms with Crippen molar-refractivity contribution in [2.24, 2.45) is 4.99 Å². The van der Waals surface area contributed by atoms with Crippen LogP contribution in [0.5, 0.6) is 5.75 Å². The predicted molar refractivity (Wildman–Crippen MR) is 140 cm³/mol. The minimum atomic E-state index is -0.220. The van der Waals surface area contributed by atoms with Gasteiger partial charge in [0.2, 0.25) is 0 Å². The van der Waals surface area contributed by atoms with E-state index in [0.717, 1.165) is 39.7 Å². The molecule has 7 heteroatoms. The van der Waals surface area contributed by atoms with Gasteiger partial charge >= 0.3 is 0 Å². The molecule has 2 heterocycles. The van der Waals surface area contributed by atoms with E-state index in [-0.39, 0.29) is 22.4 Å². The summed E-state index contributed by atoms with van der Waals surface area (Å²) >= 11 is 10.9. The average Bonchev–Trinajstić information content (AvgIpc) is 3.16. The lowest BCUT2D eigenvalue weighted by molar-refractivity contribution is 0.474. The maximum atomic E-state index is 13.7. The van der Waals surface area contributed by atoms with Crippen LogP contribution in [0.25, 0.3) is 11.8 Å². The SMILES string of the molecule is O=c1/c(=C\c2cc(Br)cc(Cl)c2O)sc2n1[C@@H](c1ccccc1)C1=C(N=2)c2ccccc2CC1. The number of benzene rings is 3. The second-order valence-electron chi connectivity index (χ2n) is 8.35. The van der Waals surface area contributed by atoms with E-state index in [0.29, 0.717) is 14.9 Å². The van der Waals surface area contributed by atoms with E-state index in [9.17, 15) is 9.90 Å². The molecule has 1 atom stereocenters. The van der Waals surface area contributed by atoms with Crippen molar-refractivity contribution < 1.29 is 5.11 Å². The fourth-order valence-corrected chi connectivity index (χ4v) is 6.62. The van der Waals surface area contributed by atoms with Gasteiger partial charge in [0.05, 0.1) is 21.3 Å². The zero-order valence-corrected chi connectivity index (χ0v) is 21.0. The van der Waals surface area contributed by atoms with Gasteiger partial charge in [-0.15, -0.1) is 0 Å². The average molecular weight is 550 g/mol. The molecule has 1 aliphatic carbocycles. The molecule has 0 amide bonds. The Morgan fingerprint density at radius 2 is 1.85 bits per heavy atom. The van der Waals surface area contributed by atoms with Crippen LogP contribution in [0.4, 0.5) is 0 Å². The molecule has 0 radical (unpaired) electrons. The van der Waals surface area contributed by atoms with Gasteiger partial charge in [0.15, 0.2) is 4.80 Å². The largest absolute Gasteiger partial charge is 0.506 e. The van der Waals surface area contributed by atoms with E-state index in [1.807, 2.05) is 24.3 Å². The summed E-state index contributed by atoms with van der Waals surface area (Å²) in [5.74, 6) is -0.0523. The molecular weight excluding hydrogens is 532 g/mol. The third-order valence-electron chi connectivity index (χ3n) is 6.33. The fourth-order valence-electron chi connectivity index (χ4n) is 4.79. The molecule has 34 heavy (non-hydrogen) atoms. The standard InChI is InChI=1S/C27H18BrClN2O2S/c28-18-12-17(25(32)21(29)14-18)13-22-26(33)31-24(16-7-2-1-3-8-16)20-11-10-15-6-4-5-9-19(15)23(20)30-27(31)34-22/h1-9,12-14,24,32H,10-11H2/b22-13+/t24-/m0/s1. The summed E-state index contributed by atoms with van der Waals surface area (Å²) in [6.07, 6.45) is 3.46. The van der Waals surface area contributed by atoms with Crippen LogP contribution >= 0.6 is 38.9 Å². The molecule has 6 rings (SSSR count). The lowest BCUT2D eigenvalue weighted by Gasteiger charge is -2.30. The molecular formula is C27H18BrClN2O2S. The van der Waals surface area contributed by atoms with E-state index < -0.39 is 0 Å². The summed E-state index contributed by atoms with van der Waals surface area (Å²) in [6.45, 7) is 0. The number of halogens is 2. The second-order valence-corrected chi connectivity index (χ2v) is 10.7. The zero-order chi connectivity index (χ0) is 23.4. The summed E-state index contributed by atoms with van der Waals surface area (Å²) in [5, 5.41) is 10.7. The molecule has 0 unspecified atom stereocenters. The number of rotatable bonds is 2. The molecule has 1 aliphatic heterocycles. The molecule has 0 bridgehead atoms. The quantitative estimate of drug-likeness (QED) is 0.362. The maximum absolute atomic E-state index is 13.7. The van der Waals surface area contributed by atoms with E-state index in [1.165, 1.54) is 16.9 Å². The number of phenolic OH excluding ortho intramolecular Hbond substituents is 1. The van der Waals surface area contributed by atoms with Crippen molar-refractivity contribution in [1.82, 2.24) is 4.57 Å². The number of hydrogen-bond donors (Lipinski definition) is 1. The molecule has 1 N–H and O–H groups in total. The van der Waals surface area contributed by atoms with Crippen LogP contribution in [-0.4, -0.2) is 9.67 Å². The number of allylic oxidation sites excluding steroid dienone is 1. The highest BCUT2D eigenvalue weighted by Crippen LogP contribution is 2.41. The van der Waals surface area contributed by atoms with E-state index >= 15 is 0 Å². The molecule has 0 saturated carbocycles. The first-order chi connectivity index (χ1) is 16.5. The van der Waals surface area contributed by atoms with Gasteiger partial charge in [-0.3, -0.25) is 9.36 Å². The van der Waals surface area contributed by atoms with Crippen molar-refractivity contribution in [1.29, 1.82) is 0 Å². The first-order valence-corrected chi connectivity index (χ1v) is 12.9. The number of aromatic hydroxyl groups is 1. The molecule has 3 aromatic carbocycles. The predicted octanol–water partition coefficient (Wildman–Crippen LogP) is 5.44. The molecule has 2 aliphatic rings. The van der Waals surface area contributed by atoms with E-state index in [2.05, 4.69) is 46.3 Å². The van der Waals surface area contributed by atoms with Crippen molar-refractivity contribution >= 4 is 50.6 Å². The summed E-state index contributed by atoms with van der Waals surface area (Å²) < 4.78 is 3.02. The number of hydrogen-bond acceptors (Lipinski definition) is 4. The fraction of sp³-hybridized carbons (Fsp3) is 0.111. The normalized spacial score (nSPS) is 17.1. The van der Waals surface area contributed by atoms with Gasteiger partial charge in [0.1, 0.15) is 5.75 Å². The van der Waals surface area contributed by atoms with Crippen LogP contribution in [0.3, 0.4) is 0 Å². The van der Waals surface area contributed by atoms with Crippen LogP contribution in [-0.2, 0) is 6.42 Å². The van der Waals surface area contributed by atoms with E-state index in [4.69, 9.17) is 16.6 Å². The lowest BCUT2D eigenvalue weighted by atomic mass is 9.83. The van der Waals surface area contributed by atoms with Crippen molar-refractivity contribution in [3.8, 4) is 5.75 Å². The first-order valence-electron chi connectivity index (χ1n) is 10.9. The van der Waals surface area contributed by atoms with Gasteiger partial charge < -0.3 is 5.11 Å². The van der Waals surface area contributed by atoms with Gasteiger partial charge in [-0.25, -0.2) is 4.99 Å². The molecule has 168 valence electrons. The molecule has 4 nitrogen and oxygen atoms in total. The van der Waals surface area contributed by atoms with Crippen molar-refractivity contribution in [3.05, 3.63) is 124 Å². The van der Waals surface area contributed by atoms with Crippen LogP contribution in [0.2, 0.25) is 5.02 Å². The molecule has 4 aromatic rings. The molecule has 1 aromatic heterocycles. The zero-order valence-electron chi connectivity index (χ0n) is 17.8.